The number of hydrogen-bond donors (Lipinski definition) is 1. The van der Waals surface area contributed by atoms with Crippen LogP contribution in [-0.4, -0.2) is 36.3 Å². The van der Waals surface area contributed by atoms with Crippen LogP contribution in [0.15, 0.2) is 40.4 Å². The molecule has 1 aromatic carbocycles. The molecule has 2 aromatic heterocycles. The molecule has 0 amide bonds. The number of aromatic amines is 1. The van der Waals surface area contributed by atoms with Gasteiger partial charge in [-0.1, -0.05) is 43.0 Å². The molecule has 3 rings (SSSR count). The van der Waals surface area contributed by atoms with E-state index in [0.717, 1.165) is 12.6 Å². The summed E-state index contributed by atoms with van der Waals surface area (Å²) in [6.07, 6.45) is 2.09. The highest BCUT2D eigenvalue weighted by molar-refractivity contribution is 7.99. The highest BCUT2D eigenvalue weighted by atomic mass is 32.2. The van der Waals surface area contributed by atoms with Crippen molar-refractivity contribution in [1.29, 1.82) is 0 Å². The van der Waals surface area contributed by atoms with Gasteiger partial charge in [0.25, 0.3) is 11.3 Å². The Morgan fingerprint density at radius 1 is 1.27 bits per heavy atom. The zero-order chi connectivity index (χ0) is 15.5. The van der Waals surface area contributed by atoms with E-state index >= 15 is 0 Å². The minimum absolute atomic E-state index is 0.00817. The summed E-state index contributed by atoms with van der Waals surface area (Å²) in [5.41, 5.74) is 1.52. The molecule has 0 saturated carbocycles. The normalized spacial score (nSPS) is 11.0. The number of carbonyl (C=O) groups excluding carboxylic acids is 1. The molecule has 7 nitrogen and oxygen atoms in total. The number of rotatable bonds is 5. The summed E-state index contributed by atoms with van der Waals surface area (Å²) in [5, 5.41) is 12.1. The Hall–Kier alpha value is -2.48. The van der Waals surface area contributed by atoms with Gasteiger partial charge in [-0.2, -0.15) is 9.61 Å². The van der Waals surface area contributed by atoms with Gasteiger partial charge in [0.15, 0.2) is 5.78 Å². The molecule has 112 valence electrons. The van der Waals surface area contributed by atoms with Crippen molar-refractivity contribution < 1.29 is 4.79 Å². The van der Waals surface area contributed by atoms with E-state index in [-0.39, 0.29) is 22.9 Å². The van der Waals surface area contributed by atoms with Crippen molar-refractivity contribution in [3.05, 3.63) is 51.9 Å². The van der Waals surface area contributed by atoms with Crippen LogP contribution in [0.1, 0.15) is 22.8 Å². The third-order valence-corrected chi connectivity index (χ3v) is 4.07. The third-order valence-electron chi connectivity index (χ3n) is 3.15. The van der Waals surface area contributed by atoms with Gasteiger partial charge in [-0.25, -0.2) is 0 Å². The number of benzene rings is 1. The van der Waals surface area contributed by atoms with Gasteiger partial charge >= 0.3 is 0 Å². The van der Waals surface area contributed by atoms with Gasteiger partial charge in [0.2, 0.25) is 5.16 Å². The zero-order valence-corrected chi connectivity index (χ0v) is 12.6. The SMILES string of the molecule is CCc1ccc(C(=O)CSc2nnc3[nH]c(=O)cnn23)cc1. The number of aromatic nitrogens is 5. The summed E-state index contributed by atoms with van der Waals surface area (Å²) in [4.78, 5) is 25.8. The maximum absolute atomic E-state index is 12.2. The second-order valence-electron chi connectivity index (χ2n) is 4.61. The van der Waals surface area contributed by atoms with Crippen LogP contribution < -0.4 is 5.56 Å². The first-order chi connectivity index (χ1) is 10.7. The van der Waals surface area contributed by atoms with E-state index in [0.29, 0.717) is 10.7 Å². The molecule has 0 saturated heterocycles. The maximum Gasteiger partial charge on any atom is 0.271 e. The van der Waals surface area contributed by atoms with E-state index in [1.54, 1.807) is 0 Å². The first-order valence-electron chi connectivity index (χ1n) is 6.73. The minimum Gasteiger partial charge on any atom is -0.293 e. The van der Waals surface area contributed by atoms with Gasteiger partial charge < -0.3 is 0 Å². The topological polar surface area (TPSA) is 93.0 Å². The van der Waals surface area contributed by atoms with E-state index in [1.165, 1.54) is 21.8 Å². The molecule has 0 atom stereocenters. The lowest BCUT2D eigenvalue weighted by molar-refractivity contribution is 0.102. The smallest absolute Gasteiger partial charge is 0.271 e. The Bertz CT molecular complexity index is 869. The number of nitrogens with zero attached hydrogens (tertiary/aromatic N) is 4. The molecule has 3 aromatic rings. The Morgan fingerprint density at radius 2 is 2.05 bits per heavy atom. The number of Topliss-reactive ketones (excluding diaryl/α,β-unsaturated/α-hetero) is 1. The van der Waals surface area contributed by atoms with E-state index < -0.39 is 0 Å². The lowest BCUT2D eigenvalue weighted by Gasteiger charge is -2.01. The molecule has 0 aliphatic carbocycles. The second kappa shape index (κ2) is 6.10. The monoisotopic (exact) mass is 315 g/mol. The van der Waals surface area contributed by atoms with Gasteiger partial charge in [-0.15, -0.1) is 10.2 Å². The predicted molar refractivity (Wildman–Crippen MR) is 82.3 cm³/mol. The van der Waals surface area contributed by atoms with Gasteiger partial charge in [-0.05, 0) is 12.0 Å². The van der Waals surface area contributed by atoms with E-state index in [4.69, 9.17) is 0 Å². The lowest BCUT2D eigenvalue weighted by atomic mass is 10.1. The van der Waals surface area contributed by atoms with Crippen molar-refractivity contribution in [3.8, 4) is 0 Å². The fourth-order valence-corrected chi connectivity index (χ4v) is 2.71. The van der Waals surface area contributed by atoms with E-state index in [9.17, 15) is 9.59 Å². The van der Waals surface area contributed by atoms with Crippen LogP contribution in [0.3, 0.4) is 0 Å². The molecule has 0 fully saturated rings. The van der Waals surface area contributed by atoms with Crippen LogP contribution in [0.2, 0.25) is 0 Å². The van der Waals surface area contributed by atoms with Crippen LogP contribution in [0.4, 0.5) is 0 Å². The summed E-state index contributed by atoms with van der Waals surface area (Å²) in [6, 6.07) is 7.58. The highest BCUT2D eigenvalue weighted by Gasteiger charge is 2.12. The second-order valence-corrected chi connectivity index (χ2v) is 5.56. The van der Waals surface area contributed by atoms with Crippen LogP contribution >= 0.6 is 11.8 Å². The van der Waals surface area contributed by atoms with E-state index in [2.05, 4.69) is 27.2 Å². The highest BCUT2D eigenvalue weighted by Crippen LogP contribution is 2.16. The molecule has 0 bridgehead atoms. The largest absolute Gasteiger partial charge is 0.293 e. The van der Waals surface area contributed by atoms with Gasteiger partial charge in [0, 0.05) is 5.56 Å². The number of hydrogen-bond acceptors (Lipinski definition) is 6. The van der Waals surface area contributed by atoms with E-state index in [1.807, 2.05) is 24.3 Å². The number of carbonyl (C=O) groups is 1. The molecule has 22 heavy (non-hydrogen) atoms. The number of thioether (sulfide) groups is 1. The Kier molecular flexibility index (Phi) is 4.01. The summed E-state index contributed by atoms with van der Waals surface area (Å²) in [7, 11) is 0. The Balaban J connectivity index is 1.72. The number of H-pyrrole nitrogens is 1. The van der Waals surface area contributed by atoms with Crippen molar-refractivity contribution in [3.63, 3.8) is 0 Å². The van der Waals surface area contributed by atoms with Crippen LogP contribution in [0, 0.1) is 0 Å². The molecule has 0 aliphatic rings. The van der Waals surface area contributed by atoms with Crippen LogP contribution in [-0.2, 0) is 6.42 Å². The molecular formula is C14H13N5O2S. The Morgan fingerprint density at radius 3 is 2.77 bits per heavy atom. The van der Waals surface area contributed by atoms with Crippen molar-refractivity contribution in [2.24, 2.45) is 0 Å². The molecule has 0 spiro atoms. The molecule has 0 radical (unpaired) electrons. The fraction of sp³-hybridized carbons (Fsp3) is 0.214. The number of nitrogens with one attached hydrogen (secondary N) is 1. The van der Waals surface area contributed by atoms with Gasteiger partial charge in [0.1, 0.15) is 6.20 Å². The fourth-order valence-electron chi connectivity index (χ4n) is 1.93. The summed E-state index contributed by atoms with van der Waals surface area (Å²) in [5.74, 6) is 0.496. The Labute approximate surface area is 129 Å². The summed E-state index contributed by atoms with van der Waals surface area (Å²) < 4.78 is 1.40. The standard InChI is InChI=1S/C14H13N5O2S/c1-2-9-3-5-10(6-4-9)11(20)8-22-14-18-17-13-16-12(21)7-15-19(13)14/h3-7H,2,8H2,1H3,(H,16,17,21). The van der Waals surface area contributed by atoms with Crippen molar-refractivity contribution >= 4 is 23.3 Å². The lowest BCUT2D eigenvalue weighted by Crippen LogP contribution is -2.10. The number of ketones is 1. The number of fused-ring (bicyclic) bond motifs is 1. The molecule has 0 aliphatic heterocycles. The average Bonchev–Trinajstić information content (AvgIpc) is 2.94. The summed E-state index contributed by atoms with van der Waals surface area (Å²) in [6.45, 7) is 2.07. The molecule has 8 heteroatoms. The zero-order valence-electron chi connectivity index (χ0n) is 11.8. The summed E-state index contributed by atoms with van der Waals surface area (Å²) >= 11 is 1.23. The average molecular weight is 315 g/mol. The number of aryl methyl sites for hydroxylation is 1. The van der Waals surface area contributed by atoms with Crippen molar-refractivity contribution in [1.82, 2.24) is 24.8 Å². The third kappa shape index (κ3) is 2.91. The first-order valence-corrected chi connectivity index (χ1v) is 7.71. The van der Waals surface area contributed by atoms with Crippen LogP contribution in [0.25, 0.3) is 5.78 Å². The molecule has 0 unspecified atom stereocenters. The first kappa shape index (κ1) is 14.5. The van der Waals surface area contributed by atoms with Crippen LogP contribution in [0.5, 0.6) is 0 Å². The predicted octanol–water partition coefficient (Wildman–Crippen LogP) is 1.35. The maximum atomic E-state index is 12.2. The molecular weight excluding hydrogens is 302 g/mol. The van der Waals surface area contributed by atoms with Crippen molar-refractivity contribution in [2.75, 3.05) is 5.75 Å². The van der Waals surface area contributed by atoms with Gasteiger partial charge in [-0.3, -0.25) is 14.6 Å². The quantitative estimate of drug-likeness (QED) is 0.564. The van der Waals surface area contributed by atoms with Crippen molar-refractivity contribution in [2.45, 2.75) is 18.5 Å². The molecule has 1 N–H and O–H groups in total. The minimum atomic E-state index is -0.344. The molecule has 2 heterocycles. The van der Waals surface area contributed by atoms with Gasteiger partial charge in [0.05, 0.1) is 5.75 Å².